The molecule has 4 heterocycles. The van der Waals surface area contributed by atoms with E-state index in [4.69, 9.17) is 4.52 Å². The maximum atomic E-state index is 14.0. The predicted molar refractivity (Wildman–Crippen MR) is 115 cm³/mol. The fourth-order valence-electron chi connectivity index (χ4n) is 4.55. The van der Waals surface area contributed by atoms with Crippen LogP contribution in [0.4, 0.5) is 4.39 Å². The lowest BCUT2D eigenvalue weighted by Crippen LogP contribution is -2.29. The van der Waals surface area contributed by atoms with E-state index >= 15 is 0 Å². The summed E-state index contributed by atoms with van der Waals surface area (Å²) in [5, 5.41) is 4.17. The number of aromatic nitrogens is 4. The van der Waals surface area contributed by atoms with Crippen molar-refractivity contribution >= 4 is 5.91 Å². The van der Waals surface area contributed by atoms with Crippen LogP contribution >= 0.6 is 0 Å². The molecule has 1 fully saturated rings. The summed E-state index contributed by atoms with van der Waals surface area (Å²) in [6.45, 7) is 9.95. The van der Waals surface area contributed by atoms with Gasteiger partial charge >= 0.3 is 0 Å². The fourth-order valence-corrected chi connectivity index (χ4v) is 4.55. The second-order valence-corrected chi connectivity index (χ2v) is 7.95. The summed E-state index contributed by atoms with van der Waals surface area (Å²) in [5.41, 5.74) is 2.33. The van der Waals surface area contributed by atoms with Gasteiger partial charge in [-0.25, -0.2) is 9.37 Å². The van der Waals surface area contributed by atoms with Gasteiger partial charge in [0, 0.05) is 19.6 Å². The van der Waals surface area contributed by atoms with Crippen LogP contribution in [0.1, 0.15) is 40.8 Å². The van der Waals surface area contributed by atoms with Crippen molar-refractivity contribution in [2.45, 2.75) is 25.4 Å². The van der Waals surface area contributed by atoms with Gasteiger partial charge in [-0.2, -0.15) is 4.98 Å². The molecule has 0 spiro atoms. The third-order valence-electron chi connectivity index (χ3n) is 5.90. The molecule has 9 heteroatoms. The maximum Gasteiger partial charge on any atom is 0.256 e. The average Bonchev–Trinajstić information content (AvgIpc) is 3.51. The van der Waals surface area contributed by atoms with Crippen molar-refractivity contribution in [3.05, 3.63) is 72.8 Å². The number of hydrogen-bond acceptors (Lipinski definition) is 6. The highest BCUT2D eigenvalue weighted by molar-refractivity contribution is 5.99. The number of halogens is 1. The first-order valence-corrected chi connectivity index (χ1v) is 10.6. The van der Waals surface area contributed by atoms with Crippen molar-refractivity contribution < 1.29 is 13.7 Å². The summed E-state index contributed by atoms with van der Waals surface area (Å²) < 4.78 is 21.3. The predicted octanol–water partition coefficient (Wildman–Crippen LogP) is 3.53. The van der Waals surface area contributed by atoms with Crippen LogP contribution in [-0.4, -0.2) is 55.0 Å². The Kier molecular flexibility index (Phi) is 5.18. The van der Waals surface area contributed by atoms with E-state index in [1.165, 1.54) is 12.1 Å². The van der Waals surface area contributed by atoms with E-state index in [1.54, 1.807) is 17.3 Å². The van der Waals surface area contributed by atoms with E-state index < -0.39 is 5.82 Å². The molecule has 2 aliphatic heterocycles. The number of nitrogens with zero attached hydrogens (tertiary/aromatic N) is 6. The summed E-state index contributed by atoms with van der Waals surface area (Å²) in [5.74, 6) is 0.217. The minimum absolute atomic E-state index is 0.171. The van der Waals surface area contributed by atoms with E-state index in [1.807, 2.05) is 16.7 Å². The van der Waals surface area contributed by atoms with Crippen molar-refractivity contribution in [1.82, 2.24) is 29.5 Å². The number of amides is 1. The summed E-state index contributed by atoms with van der Waals surface area (Å²) in [6, 6.07) is 4.08. The normalized spacial score (nSPS) is 17.1. The third-order valence-corrected chi connectivity index (χ3v) is 5.90. The molecule has 1 aromatic carbocycles. The van der Waals surface area contributed by atoms with Crippen molar-refractivity contribution in [1.29, 1.82) is 0 Å². The molecule has 0 N–H and O–H groups in total. The Labute approximate surface area is 184 Å². The van der Waals surface area contributed by atoms with E-state index in [-0.39, 0.29) is 11.9 Å². The summed E-state index contributed by atoms with van der Waals surface area (Å²) in [6.07, 6.45) is 6.91. The number of imidazole rings is 1. The maximum absolute atomic E-state index is 14.0. The standard InChI is InChI=1S/C23H23FN6O2/c1-3-9-28(10-4-2)13-19-26-22(27-32-19)20-21-18-6-5-11-29(18)23(31)16-12-15(24)7-8-17(16)30(21)14-25-20/h3-4,7-8,12,14,18H,1-2,5-6,9-11,13H2/t18-/m0/s1. The minimum atomic E-state index is -0.442. The molecule has 3 aromatic rings. The molecular formula is C23H23FN6O2. The number of benzene rings is 1. The zero-order valence-electron chi connectivity index (χ0n) is 17.6. The number of hydrogen-bond donors (Lipinski definition) is 0. The molecule has 0 unspecified atom stereocenters. The second kappa shape index (κ2) is 8.16. The van der Waals surface area contributed by atoms with Crippen LogP contribution in [0.2, 0.25) is 0 Å². The molecular weight excluding hydrogens is 411 g/mol. The molecule has 0 aliphatic carbocycles. The van der Waals surface area contributed by atoms with Gasteiger partial charge in [-0.05, 0) is 31.0 Å². The molecule has 1 amide bonds. The van der Waals surface area contributed by atoms with Crippen LogP contribution in [-0.2, 0) is 6.54 Å². The van der Waals surface area contributed by atoms with Crippen molar-refractivity contribution in [3.8, 4) is 17.2 Å². The topological polar surface area (TPSA) is 80.3 Å². The lowest BCUT2D eigenvalue weighted by molar-refractivity contribution is 0.0738. The molecule has 2 aliphatic rings. The van der Waals surface area contributed by atoms with Crippen LogP contribution in [0.25, 0.3) is 17.2 Å². The third kappa shape index (κ3) is 3.34. The van der Waals surface area contributed by atoms with Gasteiger partial charge in [-0.1, -0.05) is 17.3 Å². The Bertz CT molecular complexity index is 1190. The van der Waals surface area contributed by atoms with Crippen molar-refractivity contribution in [3.63, 3.8) is 0 Å². The van der Waals surface area contributed by atoms with Crippen LogP contribution in [0.15, 0.2) is 54.4 Å². The van der Waals surface area contributed by atoms with E-state index in [9.17, 15) is 9.18 Å². The van der Waals surface area contributed by atoms with Crippen LogP contribution in [0.5, 0.6) is 0 Å². The van der Waals surface area contributed by atoms with Crippen molar-refractivity contribution in [2.24, 2.45) is 0 Å². The molecule has 2 aromatic heterocycles. The van der Waals surface area contributed by atoms with Gasteiger partial charge in [0.1, 0.15) is 17.8 Å². The summed E-state index contributed by atoms with van der Waals surface area (Å²) in [7, 11) is 0. The number of carbonyl (C=O) groups is 1. The molecule has 32 heavy (non-hydrogen) atoms. The Morgan fingerprint density at radius 3 is 2.88 bits per heavy atom. The number of rotatable bonds is 7. The first kappa shape index (κ1) is 20.3. The first-order chi connectivity index (χ1) is 15.6. The smallest absolute Gasteiger partial charge is 0.256 e. The van der Waals surface area contributed by atoms with Crippen molar-refractivity contribution in [2.75, 3.05) is 19.6 Å². The largest absolute Gasteiger partial charge is 0.337 e. The molecule has 0 saturated carbocycles. The Morgan fingerprint density at radius 1 is 1.28 bits per heavy atom. The molecule has 0 bridgehead atoms. The van der Waals surface area contributed by atoms with Gasteiger partial charge in [-0.3, -0.25) is 14.3 Å². The lowest BCUT2D eigenvalue weighted by Gasteiger charge is -2.22. The highest BCUT2D eigenvalue weighted by Gasteiger charge is 2.40. The zero-order valence-corrected chi connectivity index (χ0v) is 17.6. The molecule has 0 radical (unpaired) electrons. The highest BCUT2D eigenvalue weighted by Crippen LogP contribution is 2.41. The summed E-state index contributed by atoms with van der Waals surface area (Å²) in [4.78, 5) is 26.2. The minimum Gasteiger partial charge on any atom is -0.337 e. The highest BCUT2D eigenvalue weighted by atomic mass is 19.1. The zero-order chi connectivity index (χ0) is 22.2. The van der Waals surface area contributed by atoms with Crippen LogP contribution < -0.4 is 0 Å². The summed E-state index contributed by atoms with van der Waals surface area (Å²) >= 11 is 0. The lowest BCUT2D eigenvalue weighted by atomic mass is 10.1. The molecule has 8 nitrogen and oxygen atoms in total. The fraction of sp³-hybridized carbons (Fsp3) is 0.304. The molecule has 1 saturated heterocycles. The number of carbonyl (C=O) groups excluding carboxylic acids is 1. The monoisotopic (exact) mass is 434 g/mol. The molecule has 5 rings (SSSR count). The number of fused-ring (bicyclic) bond motifs is 5. The van der Waals surface area contributed by atoms with Crippen LogP contribution in [0, 0.1) is 5.82 Å². The van der Waals surface area contributed by atoms with Gasteiger partial charge in [0.25, 0.3) is 5.91 Å². The average molecular weight is 434 g/mol. The van der Waals surface area contributed by atoms with E-state index in [2.05, 4.69) is 33.2 Å². The van der Waals surface area contributed by atoms with E-state index in [0.29, 0.717) is 54.8 Å². The Morgan fingerprint density at radius 2 is 2.09 bits per heavy atom. The second-order valence-electron chi connectivity index (χ2n) is 7.95. The van der Waals surface area contributed by atoms with Gasteiger partial charge < -0.3 is 9.42 Å². The van der Waals surface area contributed by atoms with Gasteiger partial charge in [0.05, 0.1) is 29.5 Å². The van der Waals surface area contributed by atoms with Crippen LogP contribution in [0.3, 0.4) is 0 Å². The first-order valence-electron chi connectivity index (χ1n) is 10.6. The molecule has 164 valence electrons. The van der Waals surface area contributed by atoms with Gasteiger partial charge in [0.15, 0.2) is 0 Å². The quantitative estimate of drug-likeness (QED) is 0.530. The van der Waals surface area contributed by atoms with Gasteiger partial charge in [-0.15, -0.1) is 13.2 Å². The Hall–Kier alpha value is -3.59. The molecule has 1 atom stereocenters. The van der Waals surface area contributed by atoms with E-state index in [0.717, 1.165) is 18.5 Å². The van der Waals surface area contributed by atoms with Gasteiger partial charge in [0.2, 0.25) is 11.7 Å². The SMILES string of the molecule is C=CCN(CC=C)Cc1nc(-c2ncn3c2[C@@H]2CCCN2C(=O)c2cc(F)ccc2-3)no1. The Balaban J connectivity index is 1.56.